The van der Waals surface area contributed by atoms with Gasteiger partial charge in [-0.1, -0.05) is 29.3 Å². The van der Waals surface area contributed by atoms with Gasteiger partial charge in [0.1, 0.15) is 17.6 Å². The van der Waals surface area contributed by atoms with Gasteiger partial charge in [0.2, 0.25) is 11.9 Å². The minimum Gasteiger partial charge on any atom is -0.464 e. The molecule has 8 nitrogen and oxygen atoms in total. The van der Waals surface area contributed by atoms with Crippen molar-refractivity contribution in [2.24, 2.45) is 0 Å². The Balaban J connectivity index is 1.37. The third kappa shape index (κ3) is 4.90. The zero-order chi connectivity index (χ0) is 24.8. The molecule has 2 aliphatic rings. The van der Waals surface area contributed by atoms with E-state index >= 15 is 0 Å². The van der Waals surface area contributed by atoms with E-state index in [-0.39, 0.29) is 17.4 Å². The van der Waals surface area contributed by atoms with Crippen LogP contribution in [0.3, 0.4) is 0 Å². The third-order valence-corrected chi connectivity index (χ3v) is 8.77. The molecule has 1 N–H and O–H groups in total. The molecule has 3 heterocycles. The molecule has 11 heteroatoms. The second-order valence-electron chi connectivity index (χ2n) is 9.01. The number of sulfone groups is 1. The largest absolute Gasteiger partial charge is 0.464 e. The van der Waals surface area contributed by atoms with Gasteiger partial charge in [0.05, 0.1) is 16.9 Å². The van der Waals surface area contributed by atoms with E-state index in [0.717, 1.165) is 11.3 Å². The van der Waals surface area contributed by atoms with Gasteiger partial charge in [-0.25, -0.2) is 18.4 Å². The summed E-state index contributed by atoms with van der Waals surface area (Å²) in [4.78, 5) is 24.3. The predicted octanol–water partition coefficient (Wildman–Crippen LogP) is 3.86. The summed E-state index contributed by atoms with van der Waals surface area (Å²) >= 11 is 12.6. The number of halogens is 2. The van der Waals surface area contributed by atoms with E-state index in [1.165, 1.54) is 0 Å². The maximum absolute atomic E-state index is 13.6. The minimum atomic E-state index is -2.99. The highest BCUT2D eigenvalue weighted by atomic mass is 35.5. The molecule has 1 saturated carbocycles. The molecular formula is C24H24Cl2N4O4S. The van der Waals surface area contributed by atoms with E-state index in [0.29, 0.717) is 53.2 Å². The maximum Gasteiger partial charge on any atom is 0.231 e. The van der Waals surface area contributed by atoms with Gasteiger partial charge in [-0.2, -0.15) is 0 Å². The van der Waals surface area contributed by atoms with Gasteiger partial charge in [0.25, 0.3) is 0 Å². The fourth-order valence-electron chi connectivity index (χ4n) is 4.33. The molecule has 1 saturated heterocycles. The molecule has 1 aliphatic carbocycles. The Kier molecular flexibility index (Phi) is 6.27. The summed E-state index contributed by atoms with van der Waals surface area (Å²) in [6, 6.07) is 8.21. The molecule has 2 aromatic heterocycles. The lowest BCUT2D eigenvalue weighted by Crippen LogP contribution is -2.41. The molecule has 1 aliphatic heterocycles. The van der Waals surface area contributed by atoms with Crippen molar-refractivity contribution >= 4 is 44.9 Å². The Morgan fingerprint density at radius 1 is 1.11 bits per heavy atom. The van der Waals surface area contributed by atoms with Gasteiger partial charge in [0.15, 0.2) is 9.84 Å². The molecule has 0 radical (unpaired) electrons. The van der Waals surface area contributed by atoms with Crippen LogP contribution < -0.4 is 10.2 Å². The van der Waals surface area contributed by atoms with Crippen molar-refractivity contribution in [1.82, 2.24) is 15.3 Å². The van der Waals surface area contributed by atoms with E-state index in [1.807, 2.05) is 24.0 Å². The Hall–Kier alpha value is -2.62. The van der Waals surface area contributed by atoms with Gasteiger partial charge in [-0.3, -0.25) is 4.79 Å². The van der Waals surface area contributed by atoms with Crippen molar-refractivity contribution in [2.75, 3.05) is 29.5 Å². The molecule has 0 spiro atoms. The van der Waals surface area contributed by atoms with Crippen molar-refractivity contribution in [3.63, 3.8) is 0 Å². The number of benzene rings is 1. The molecule has 1 aromatic carbocycles. The van der Waals surface area contributed by atoms with Crippen LogP contribution in [0.25, 0.3) is 0 Å². The average molecular weight is 535 g/mol. The Labute approximate surface area is 213 Å². The van der Waals surface area contributed by atoms with Crippen LogP contribution in [0.4, 0.5) is 5.95 Å². The number of anilines is 1. The molecule has 184 valence electrons. The number of aromatic nitrogens is 2. The fraction of sp³-hybridized carbons (Fsp3) is 0.375. The normalized spacial score (nSPS) is 19.2. The molecular weight excluding hydrogens is 511 g/mol. The molecule has 0 bridgehead atoms. The lowest BCUT2D eigenvalue weighted by molar-refractivity contribution is -0.124. The average Bonchev–Trinajstić information content (AvgIpc) is 3.53. The van der Waals surface area contributed by atoms with Gasteiger partial charge >= 0.3 is 0 Å². The van der Waals surface area contributed by atoms with Gasteiger partial charge < -0.3 is 14.6 Å². The third-order valence-electron chi connectivity index (χ3n) is 6.60. The highest BCUT2D eigenvalue weighted by Crippen LogP contribution is 2.49. The van der Waals surface area contributed by atoms with Crippen molar-refractivity contribution in [3.8, 4) is 0 Å². The number of carbonyl (C=O) groups is 1. The standard InChI is InChI=1S/C24H24Cl2N4O4S/c1-15-2-5-20(34-15)21(18-4-3-17(25)12-19(18)26)29-22(31)24(6-7-24)16-13-27-23(28-14-16)30-8-10-35(32,33)11-9-30/h2-5,12-14,21H,6-11H2,1H3,(H,29,31). The van der Waals surface area contributed by atoms with Crippen LogP contribution in [0, 0.1) is 6.92 Å². The first-order valence-electron chi connectivity index (χ1n) is 11.3. The van der Waals surface area contributed by atoms with Crippen LogP contribution in [0.15, 0.2) is 47.1 Å². The quantitative estimate of drug-likeness (QED) is 0.511. The fourth-order valence-corrected chi connectivity index (χ4v) is 6.05. The van der Waals surface area contributed by atoms with Crippen LogP contribution in [0.2, 0.25) is 10.0 Å². The number of furan rings is 1. The number of rotatable bonds is 6. The lowest BCUT2D eigenvalue weighted by Gasteiger charge is -2.27. The molecule has 1 amide bonds. The number of aryl methyl sites for hydroxylation is 1. The summed E-state index contributed by atoms with van der Waals surface area (Å²) < 4.78 is 29.2. The van der Waals surface area contributed by atoms with E-state index in [4.69, 9.17) is 27.6 Å². The minimum absolute atomic E-state index is 0.0886. The van der Waals surface area contributed by atoms with Crippen LogP contribution in [-0.4, -0.2) is 48.9 Å². The monoisotopic (exact) mass is 534 g/mol. The van der Waals surface area contributed by atoms with Crippen LogP contribution in [0.5, 0.6) is 0 Å². The Morgan fingerprint density at radius 2 is 1.80 bits per heavy atom. The molecule has 1 unspecified atom stereocenters. The van der Waals surface area contributed by atoms with E-state index in [9.17, 15) is 13.2 Å². The van der Waals surface area contributed by atoms with E-state index < -0.39 is 21.3 Å². The molecule has 3 aromatic rings. The smallest absolute Gasteiger partial charge is 0.231 e. The van der Waals surface area contributed by atoms with Crippen LogP contribution >= 0.6 is 23.2 Å². The molecule has 35 heavy (non-hydrogen) atoms. The first-order chi connectivity index (χ1) is 16.7. The van der Waals surface area contributed by atoms with Gasteiger partial charge in [-0.05, 0) is 44.0 Å². The van der Waals surface area contributed by atoms with Gasteiger partial charge in [-0.15, -0.1) is 0 Å². The Bertz CT molecular complexity index is 1360. The van der Waals surface area contributed by atoms with Gasteiger partial charge in [0, 0.05) is 46.7 Å². The van der Waals surface area contributed by atoms with Crippen LogP contribution in [-0.2, 0) is 20.0 Å². The molecule has 2 fully saturated rings. The number of hydrogen-bond donors (Lipinski definition) is 1. The SMILES string of the molecule is Cc1ccc(C(NC(=O)C2(c3cnc(N4CCS(=O)(=O)CC4)nc3)CC2)c2ccc(Cl)cc2Cl)o1. The van der Waals surface area contributed by atoms with Crippen molar-refractivity contribution in [2.45, 2.75) is 31.2 Å². The number of nitrogens with one attached hydrogen (secondary N) is 1. The summed E-state index contributed by atoms with van der Waals surface area (Å²) in [5.74, 6) is 1.78. The number of nitrogens with zero attached hydrogens (tertiary/aromatic N) is 3. The van der Waals surface area contributed by atoms with Crippen molar-refractivity contribution in [3.05, 3.63) is 75.4 Å². The summed E-state index contributed by atoms with van der Waals surface area (Å²) in [6.45, 7) is 2.56. The highest BCUT2D eigenvalue weighted by molar-refractivity contribution is 7.91. The van der Waals surface area contributed by atoms with E-state index in [1.54, 1.807) is 30.6 Å². The summed E-state index contributed by atoms with van der Waals surface area (Å²) in [5.41, 5.74) is 0.670. The van der Waals surface area contributed by atoms with Crippen molar-refractivity contribution in [1.29, 1.82) is 0 Å². The first kappa shape index (κ1) is 24.1. The molecule has 5 rings (SSSR count). The summed E-state index contributed by atoms with van der Waals surface area (Å²) in [6.07, 6.45) is 4.67. The number of carbonyl (C=O) groups excluding carboxylic acids is 1. The number of amides is 1. The Morgan fingerprint density at radius 3 is 2.37 bits per heavy atom. The summed E-state index contributed by atoms with van der Waals surface area (Å²) in [5, 5.41) is 4.05. The second kappa shape index (κ2) is 9.11. The zero-order valence-electron chi connectivity index (χ0n) is 19.0. The number of hydrogen-bond acceptors (Lipinski definition) is 7. The van der Waals surface area contributed by atoms with Crippen LogP contribution in [0.1, 0.15) is 41.5 Å². The van der Waals surface area contributed by atoms with Crippen molar-refractivity contribution < 1.29 is 17.6 Å². The first-order valence-corrected chi connectivity index (χ1v) is 13.8. The highest BCUT2D eigenvalue weighted by Gasteiger charge is 2.52. The maximum atomic E-state index is 13.6. The topological polar surface area (TPSA) is 105 Å². The molecule has 1 atom stereocenters. The predicted molar refractivity (Wildman–Crippen MR) is 134 cm³/mol. The second-order valence-corrected chi connectivity index (χ2v) is 12.2. The van der Waals surface area contributed by atoms with E-state index in [2.05, 4.69) is 15.3 Å². The lowest BCUT2D eigenvalue weighted by atomic mass is 9.96. The summed E-state index contributed by atoms with van der Waals surface area (Å²) in [7, 11) is -2.99. The zero-order valence-corrected chi connectivity index (χ0v) is 21.3.